The van der Waals surface area contributed by atoms with Crippen LogP contribution in [0.25, 0.3) is 10.9 Å². The molecule has 2 rings (SSSR count). The number of nitrogens with zero attached hydrogens (tertiary/aromatic N) is 2. The van der Waals surface area contributed by atoms with Crippen LogP contribution in [-0.4, -0.2) is 15.9 Å². The van der Waals surface area contributed by atoms with Gasteiger partial charge in [-0.3, -0.25) is 0 Å². The first-order chi connectivity index (χ1) is 6.31. The van der Waals surface area contributed by atoms with E-state index in [1.807, 2.05) is 10.8 Å². The molecule has 0 radical (unpaired) electrons. The third-order valence-corrected chi connectivity index (χ3v) is 2.36. The van der Waals surface area contributed by atoms with Crippen molar-refractivity contribution < 1.29 is 9.08 Å². The lowest BCUT2D eigenvalue weighted by Gasteiger charge is -1.93. The number of hydrogen-bond donors (Lipinski definition) is 0. The van der Waals surface area contributed by atoms with Crippen molar-refractivity contribution in [3.63, 3.8) is 0 Å². The molecule has 4 nitrogen and oxygen atoms in total. The molecular formula is C7H3ClN2O2S. The standard InChI is InChI=1S/C7H3ClN2O2S/c8-12-7(11)6-9-1-4-2-13-3-5(4)10-6/h1-3H. The molecule has 2 heterocycles. The Balaban J connectivity index is 2.54. The molecule has 0 aliphatic heterocycles. The summed E-state index contributed by atoms with van der Waals surface area (Å²) in [5.74, 6) is -0.768. The highest BCUT2D eigenvalue weighted by atomic mass is 35.5. The van der Waals surface area contributed by atoms with E-state index >= 15 is 0 Å². The molecule has 0 atom stereocenters. The van der Waals surface area contributed by atoms with E-state index in [0.29, 0.717) is 0 Å². The SMILES string of the molecule is O=C(OCl)c1ncc2cscc2n1. The molecule has 0 unspecified atom stereocenters. The van der Waals surface area contributed by atoms with Gasteiger partial charge in [-0.1, -0.05) is 0 Å². The summed E-state index contributed by atoms with van der Waals surface area (Å²) in [6.07, 6.45) is 1.56. The highest BCUT2D eigenvalue weighted by molar-refractivity contribution is 7.09. The van der Waals surface area contributed by atoms with Crippen molar-refractivity contribution in [2.45, 2.75) is 0 Å². The Hall–Kier alpha value is -1.20. The fourth-order valence-corrected chi connectivity index (χ4v) is 1.68. The monoisotopic (exact) mass is 214 g/mol. The second-order valence-electron chi connectivity index (χ2n) is 2.27. The number of rotatable bonds is 1. The van der Waals surface area contributed by atoms with Gasteiger partial charge in [0.05, 0.1) is 5.52 Å². The second-order valence-corrected chi connectivity index (χ2v) is 3.17. The van der Waals surface area contributed by atoms with E-state index < -0.39 is 5.97 Å². The van der Waals surface area contributed by atoms with Crippen LogP contribution < -0.4 is 0 Å². The van der Waals surface area contributed by atoms with E-state index in [1.54, 1.807) is 6.20 Å². The van der Waals surface area contributed by atoms with Gasteiger partial charge in [0.1, 0.15) is 11.9 Å². The van der Waals surface area contributed by atoms with Gasteiger partial charge in [-0.15, -0.1) is 11.3 Å². The van der Waals surface area contributed by atoms with Gasteiger partial charge in [0.2, 0.25) is 5.82 Å². The highest BCUT2D eigenvalue weighted by Crippen LogP contribution is 2.15. The Morgan fingerprint density at radius 1 is 1.54 bits per heavy atom. The molecule has 0 bridgehead atoms. The van der Waals surface area contributed by atoms with Gasteiger partial charge in [-0.2, -0.15) is 0 Å². The summed E-state index contributed by atoms with van der Waals surface area (Å²) >= 11 is 6.38. The summed E-state index contributed by atoms with van der Waals surface area (Å²) in [4.78, 5) is 18.6. The molecule has 66 valence electrons. The zero-order valence-corrected chi connectivity index (χ0v) is 7.80. The Kier molecular flexibility index (Phi) is 2.12. The molecule has 0 N–H and O–H groups in total. The number of halogens is 1. The van der Waals surface area contributed by atoms with Gasteiger partial charge in [0.25, 0.3) is 0 Å². The lowest BCUT2D eigenvalue weighted by atomic mass is 10.4. The average Bonchev–Trinajstić information content (AvgIpc) is 2.63. The van der Waals surface area contributed by atoms with E-state index in [-0.39, 0.29) is 5.82 Å². The molecule has 0 fully saturated rings. The van der Waals surface area contributed by atoms with Gasteiger partial charge < -0.3 is 4.29 Å². The van der Waals surface area contributed by atoms with Crippen LogP contribution in [0.3, 0.4) is 0 Å². The van der Waals surface area contributed by atoms with Crippen LogP contribution in [0.15, 0.2) is 17.0 Å². The molecule has 0 aliphatic carbocycles. The lowest BCUT2D eigenvalue weighted by molar-refractivity contribution is 0.0739. The quantitative estimate of drug-likeness (QED) is 0.729. The average molecular weight is 215 g/mol. The lowest BCUT2D eigenvalue weighted by Crippen LogP contribution is -2.04. The zero-order chi connectivity index (χ0) is 9.26. The molecule has 0 saturated heterocycles. The molecule has 13 heavy (non-hydrogen) atoms. The third kappa shape index (κ3) is 1.48. The Morgan fingerprint density at radius 2 is 2.38 bits per heavy atom. The first-order valence-electron chi connectivity index (χ1n) is 3.33. The molecule has 2 aromatic rings. The fourth-order valence-electron chi connectivity index (χ4n) is 0.894. The Bertz CT molecular complexity index is 456. The number of carbonyl (C=O) groups is 1. The normalized spacial score (nSPS) is 10.2. The van der Waals surface area contributed by atoms with Crippen molar-refractivity contribution in [3.8, 4) is 0 Å². The number of hydrogen-bond acceptors (Lipinski definition) is 5. The van der Waals surface area contributed by atoms with E-state index in [0.717, 1.165) is 10.9 Å². The van der Waals surface area contributed by atoms with E-state index in [2.05, 4.69) is 14.3 Å². The first kappa shape index (κ1) is 8.40. The summed E-state index contributed by atoms with van der Waals surface area (Å²) in [5.41, 5.74) is 0.720. The molecule has 0 spiro atoms. The highest BCUT2D eigenvalue weighted by Gasteiger charge is 2.10. The third-order valence-electron chi connectivity index (χ3n) is 1.48. The summed E-state index contributed by atoms with van der Waals surface area (Å²) in [7, 11) is 0. The van der Waals surface area contributed by atoms with Crippen LogP contribution in [0.5, 0.6) is 0 Å². The van der Waals surface area contributed by atoms with Crippen molar-refractivity contribution in [3.05, 3.63) is 22.8 Å². The van der Waals surface area contributed by atoms with Crippen molar-refractivity contribution in [2.75, 3.05) is 0 Å². The van der Waals surface area contributed by atoms with Crippen LogP contribution >= 0.6 is 23.2 Å². The molecule has 0 aromatic carbocycles. The van der Waals surface area contributed by atoms with Crippen LogP contribution in [-0.2, 0) is 4.29 Å². The number of aromatic nitrogens is 2. The van der Waals surface area contributed by atoms with Crippen LogP contribution in [0, 0.1) is 0 Å². The van der Waals surface area contributed by atoms with Crippen molar-refractivity contribution in [1.29, 1.82) is 0 Å². The maximum atomic E-state index is 10.9. The first-order valence-corrected chi connectivity index (χ1v) is 4.58. The van der Waals surface area contributed by atoms with Crippen molar-refractivity contribution >= 4 is 40.1 Å². The maximum absolute atomic E-state index is 10.9. The minimum Gasteiger partial charge on any atom is -0.341 e. The maximum Gasteiger partial charge on any atom is 0.394 e. The van der Waals surface area contributed by atoms with E-state index in [4.69, 9.17) is 11.9 Å². The summed E-state index contributed by atoms with van der Waals surface area (Å²) < 4.78 is 3.97. The molecule has 0 amide bonds. The molecular weight excluding hydrogens is 212 g/mol. The van der Waals surface area contributed by atoms with Crippen molar-refractivity contribution in [2.24, 2.45) is 0 Å². The van der Waals surface area contributed by atoms with Gasteiger partial charge in [-0.05, 0) is 0 Å². The number of fused-ring (bicyclic) bond motifs is 1. The Labute approximate surface area is 82.3 Å². The molecule has 0 saturated carbocycles. The molecule has 2 aromatic heterocycles. The fraction of sp³-hybridized carbons (Fsp3) is 0. The largest absolute Gasteiger partial charge is 0.394 e. The van der Waals surface area contributed by atoms with E-state index in [1.165, 1.54) is 11.3 Å². The zero-order valence-electron chi connectivity index (χ0n) is 6.23. The number of carbonyl (C=O) groups excluding carboxylic acids is 1. The van der Waals surface area contributed by atoms with Crippen LogP contribution in [0.2, 0.25) is 0 Å². The second kappa shape index (κ2) is 3.27. The predicted octanol–water partition coefficient (Wildman–Crippen LogP) is 2.00. The van der Waals surface area contributed by atoms with Gasteiger partial charge >= 0.3 is 5.97 Å². The smallest absolute Gasteiger partial charge is 0.341 e. The summed E-state index contributed by atoms with van der Waals surface area (Å²) in [6, 6.07) is 0. The van der Waals surface area contributed by atoms with E-state index in [9.17, 15) is 4.79 Å². The van der Waals surface area contributed by atoms with Crippen LogP contribution in [0.1, 0.15) is 10.6 Å². The van der Waals surface area contributed by atoms with Crippen molar-refractivity contribution in [1.82, 2.24) is 9.97 Å². The van der Waals surface area contributed by atoms with Gasteiger partial charge in [0, 0.05) is 22.3 Å². The van der Waals surface area contributed by atoms with Gasteiger partial charge in [0.15, 0.2) is 0 Å². The topological polar surface area (TPSA) is 52.1 Å². The summed E-state index contributed by atoms with van der Waals surface area (Å²) in [6.45, 7) is 0. The minimum atomic E-state index is -0.741. The molecule has 6 heteroatoms. The Morgan fingerprint density at radius 3 is 3.15 bits per heavy atom. The van der Waals surface area contributed by atoms with Crippen LogP contribution in [0.4, 0.5) is 0 Å². The minimum absolute atomic E-state index is 0.0269. The molecule has 0 aliphatic rings. The summed E-state index contributed by atoms with van der Waals surface area (Å²) in [5, 5.41) is 4.61. The van der Waals surface area contributed by atoms with Gasteiger partial charge in [-0.25, -0.2) is 14.8 Å². The number of thiophene rings is 1. The predicted molar refractivity (Wildman–Crippen MR) is 48.7 cm³/mol.